The molecule has 16 heavy (non-hydrogen) atoms. The standard InChI is InChI=1S/C10H10N4O2/c1-2-16-10(15)8-5-13-14(7-8)9-3-4-11-12-6-9/h3-7H,2H2,1H3. The molecule has 0 fully saturated rings. The van der Waals surface area contributed by atoms with Gasteiger partial charge < -0.3 is 4.74 Å². The molecule has 0 N–H and O–H groups in total. The summed E-state index contributed by atoms with van der Waals surface area (Å²) < 4.78 is 6.40. The van der Waals surface area contributed by atoms with E-state index in [1.807, 2.05) is 0 Å². The van der Waals surface area contributed by atoms with E-state index in [2.05, 4.69) is 15.3 Å². The van der Waals surface area contributed by atoms with E-state index < -0.39 is 0 Å². The van der Waals surface area contributed by atoms with Gasteiger partial charge in [0.15, 0.2) is 0 Å². The lowest BCUT2D eigenvalue weighted by molar-refractivity contribution is 0.0526. The van der Waals surface area contributed by atoms with Gasteiger partial charge in [0.25, 0.3) is 0 Å². The van der Waals surface area contributed by atoms with Crippen LogP contribution in [0.1, 0.15) is 17.3 Å². The number of carbonyl (C=O) groups excluding carboxylic acids is 1. The summed E-state index contributed by atoms with van der Waals surface area (Å²) in [7, 11) is 0. The summed E-state index contributed by atoms with van der Waals surface area (Å²) in [5, 5.41) is 11.4. The van der Waals surface area contributed by atoms with Crippen LogP contribution in [0.2, 0.25) is 0 Å². The topological polar surface area (TPSA) is 69.9 Å². The maximum absolute atomic E-state index is 11.4. The second-order valence-electron chi connectivity index (χ2n) is 2.99. The fourth-order valence-electron chi connectivity index (χ4n) is 1.20. The summed E-state index contributed by atoms with van der Waals surface area (Å²) in [5.74, 6) is -0.379. The van der Waals surface area contributed by atoms with Crippen molar-refractivity contribution in [3.63, 3.8) is 0 Å². The normalized spacial score (nSPS) is 10.1. The van der Waals surface area contributed by atoms with E-state index in [0.717, 1.165) is 5.69 Å². The van der Waals surface area contributed by atoms with Crippen LogP contribution < -0.4 is 0 Å². The van der Waals surface area contributed by atoms with Gasteiger partial charge in [-0.1, -0.05) is 0 Å². The first-order chi connectivity index (χ1) is 7.81. The van der Waals surface area contributed by atoms with Crippen molar-refractivity contribution < 1.29 is 9.53 Å². The molecule has 0 spiro atoms. The molecular formula is C10H10N4O2. The summed E-state index contributed by atoms with van der Waals surface area (Å²) in [4.78, 5) is 11.4. The van der Waals surface area contributed by atoms with Crippen LogP contribution in [0, 0.1) is 0 Å². The van der Waals surface area contributed by atoms with Crippen molar-refractivity contribution in [3.8, 4) is 5.69 Å². The van der Waals surface area contributed by atoms with Gasteiger partial charge in [-0.15, -0.1) is 0 Å². The quantitative estimate of drug-likeness (QED) is 0.714. The van der Waals surface area contributed by atoms with Gasteiger partial charge in [0.1, 0.15) is 0 Å². The van der Waals surface area contributed by atoms with Gasteiger partial charge in [0, 0.05) is 6.20 Å². The van der Waals surface area contributed by atoms with E-state index in [9.17, 15) is 4.79 Å². The van der Waals surface area contributed by atoms with E-state index in [-0.39, 0.29) is 5.97 Å². The molecule has 6 heteroatoms. The lowest BCUT2D eigenvalue weighted by Gasteiger charge is -1.98. The maximum atomic E-state index is 11.4. The highest BCUT2D eigenvalue weighted by molar-refractivity contribution is 5.88. The van der Waals surface area contributed by atoms with Gasteiger partial charge in [0.05, 0.1) is 36.4 Å². The number of hydrogen-bond acceptors (Lipinski definition) is 5. The van der Waals surface area contributed by atoms with Crippen LogP contribution in [0.4, 0.5) is 0 Å². The Hall–Kier alpha value is -2.24. The Morgan fingerprint density at radius 1 is 1.44 bits per heavy atom. The highest BCUT2D eigenvalue weighted by Gasteiger charge is 2.09. The predicted octanol–water partition coefficient (Wildman–Crippen LogP) is 0.839. The summed E-state index contributed by atoms with van der Waals surface area (Å²) in [6.07, 6.45) is 6.16. The molecule has 6 nitrogen and oxygen atoms in total. The van der Waals surface area contributed by atoms with E-state index >= 15 is 0 Å². The molecule has 82 valence electrons. The summed E-state index contributed by atoms with van der Waals surface area (Å²) in [6.45, 7) is 2.11. The smallest absolute Gasteiger partial charge is 0.341 e. The van der Waals surface area contributed by atoms with Crippen LogP contribution in [-0.2, 0) is 4.74 Å². The first kappa shape index (κ1) is 10.3. The lowest BCUT2D eigenvalue weighted by atomic mass is 10.4. The Labute approximate surface area is 91.9 Å². The Kier molecular flexibility index (Phi) is 2.90. The first-order valence-electron chi connectivity index (χ1n) is 4.80. The van der Waals surface area contributed by atoms with Crippen LogP contribution in [0.5, 0.6) is 0 Å². The van der Waals surface area contributed by atoms with Crippen molar-refractivity contribution in [1.29, 1.82) is 0 Å². The van der Waals surface area contributed by atoms with E-state index in [4.69, 9.17) is 4.74 Å². The molecule has 0 unspecified atom stereocenters. The molecule has 0 saturated heterocycles. The SMILES string of the molecule is CCOC(=O)c1cnn(-c2ccnnc2)c1. The van der Waals surface area contributed by atoms with Gasteiger partial charge >= 0.3 is 5.97 Å². The zero-order valence-electron chi connectivity index (χ0n) is 8.70. The van der Waals surface area contributed by atoms with E-state index in [1.165, 1.54) is 6.20 Å². The van der Waals surface area contributed by atoms with Crippen LogP contribution in [0.15, 0.2) is 30.9 Å². The summed E-state index contributed by atoms with van der Waals surface area (Å²) >= 11 is 0. The van der Waals surface area contributed by atoms with E-state index in [0.29, 0.717) is 12.2 Å². The number of nitrogens with zero attached hydrogens (tertiary/aromatic N) is 4. The lowest BCUT2D eigenvalue weighted by Crippen LogP contribution is -2.03. The first-order valence-corrected chi connectivity index (χ1v) is 4.80. The summed E-state index contributed by atoms with van der Waals surface area (Å²) in [5.41, 5.74) is 1.16. The molecule has 2 rings (SSSR count). The second kappa shape index (κ2) is 4.52. The largest absolute Gasteiger partial charge is 0.462 e. The third-order valence-corrected chi connectivity index (χ3v) is 1.93. The molecule has 2 aromatic heterocycles. The van der Waals surface area contributed by atoms with Gasteiger partial charge in [-0.3, -0.25) is 0 Å². The molecule has 0 aliphatic rings. The van der Waals surface area contributed by atoms with Crippen molar-refractivity contribution >= 4 is 5.97 Å². The molecule has 0 amide bonds. The molecular weight excluding hydrogens is 208 g/mol. The Bertz CT molecular complexity index is 481. The number of aromatic nitrogens is 4. The van der Waals surface area contributed by atoms with Gasteiger partial charge in [-0.05, 0) is 13.0 Å². The van der Waals surface area contributed by atoms with E-state index in [1.54, 1.807) is 36.3 Å². The number of rotatable bonds is 3. The third-order valence-electron chi connectivity index (χ3n) is 1.93. The highest BCUT2D eigenvalue weighted by Crippen LogP contribution is 2.06. The molecule has 0 saturated carbocycles. The monoisotopic (exact) mass is 218 g/mol. The molecule has 0 aliphatic carbocycles. The van der Waals surface area contributed by atoms with Crippen molar-refractivity contribution in [2.45, 2.75) is 6.92 Å². The van der Waals surface area contributed by atoms with Crippen LogP contribution in [0.3, 0.4) is 0 Å². The Morgan fingerprint density at radius 2 is 2.31 bits per heavy atom. The fraction of sp³-hybridized carbons (Fsp3) is 0.200. The minimum atomic E-state index is -0.379. The average molecular weight is 218 g/mol. The van der Waals surface area contributed by atoms with Gasteiger partial charge in [-0.2, -0.15) is 15.3 Å². The predicted molar refractivity (Wildman–Crippen MR) is 55.1 cm³/mol. The fourth-order valence-corrected chi connectivity index (χ4v) is 1.20. The van der Waals surface area contributed by atoms with Crippen molar-refractivity contribution in [2.75, 3.05) is 6.61 Å². The van der Waals surface area contributed by atoms with Gasteiger partial charge in [-0.25, -0.2) is 9.48 Å². The molecule has 0 aliphatic heterocycles. The summed E-state index contributed by atoms with van der Waals surface area (Å²) in [6, 6.07) is 1.74. The Morgan fingerprint density at radius 3 is 3.00 bits per heavy atom. The molecule has 0 radical (unpaired) electrons. The molecule has 2 heterocycles. The van der Waals surface area contributed by atoms with Crippen molar-refractivity contribution in [1.82, 2.24) is 20.0 Å². The number of ether oxygens (including phenoxy) is 1. The molecule has 2 aromatic rings. The molecule has 0 bridgehead atoms. The third kappa shape index (κ3) is 2.05. The molecule has 0 atom stereocenters. The highest BCUT2D eigenvalue weighted by atomic mass is 16.5. The molecule has 0 aromatic carbocycles. The van der Waals surface area contributed by atoms with Gasteiger partial charge in [0.2, 0.25) is 0 Å². The number of hydrogen-bond donors (Lipinski definition) is 0. The van der Waals surface area contributed by atoms with Crippen molar-refractivity contribution in [3.05, 3.63) is 36.4 Å². The van der Waals surface area contributed by atoms with Crippen LogP contribution >= 0.6 is 0 Å². The number of carbonyl (C=O) groups is 1. The van der Waals surface area contributed by atoms with Crippen LogP contribution in [0.25, 0.3) is 5.69 Å². The zero-order valence-corrected chi connectivity index (χ0v) is 8.70. The minimum Gasteiger partial charge on any atom is -0.462 e. The van der Waals surface area contributed by atoms with Crippen LogP contribution in [-0.4, -0.2) is 32.6 Å². The maximum Gasteiger partial charge on any atom is 0.341 e. The minimum absolute atomic E-state index is 0.348. The number of esters is 1. The zero-order chi connectivity index (χ0) is 11.4. The Balaban J connectivity index is 2.23. The second-order valence-corrected chi connectivity index (χ2v) is 2.99. The average Bonchev–Trinajstić information content (AvgIpc) is 2.80. The van der Waals surface area contributed by atoms with Crippen molar-refractivity contribution in [2.24, 2.45) is 0 Å².